The standard InChI is InChI=1S/C22H29N3O2/c1-16-6-4-7-17(12-16)22(26)25(15-20-8-5-11-27-20)14-18-13-19(23)9-10-21(18)24(2)3/h4,6-7,9-10,12-13,20H,5,8,11,14-15,23H2,1-3H3/t20-/m0/s1. The maximum atomic E-state index is 13.3. The topological polar surface area (TPSA) is 58.8 Å². The van der Waals surface area contributed by atoms with Crippen molar-refractivity contribution in [2.75, 3.05) is 37.9 Å². The third-order valence-corrected chi connectivity index (χ3v) is 4.95. The van der Waals surface area contributed by atoms with Gasteiger partial charge in [-0.25, -0.2) is 0 Å². The van der Waals surface area contributed by atoms with Crippen LogP contribution in [0.4, 0.5) is 11.4 Å². The number of benzene rings is 2. The third kappa shape index (κ3) is 4.80. The molecular formula is C22H29N3O2. The summed E-state index contributed by atoms with van der Waals surface area (Å²) < 4.78 is 5.80. The monoisotopic (exact) mass is 367 g/mol. The van der Waals surface area contributed by atoms with Crippen molar-refractivity contribution >= 4 is 17.3 Å². The summed E-state index contributed by atoms with van der Waals surface area (Å²) in [4.78, 5) is 17.2. The Morgan fingerprint density at radius 3 is 2.70 bits per heavy atom. The summed E-state index contributed by atoms with van der Waals surface area (Å²) in [5, 5.41) is 0. The van der Waals surface area contributed by atoms with Gasteiger partial charge in [0.05, 0.1) is 6.10 Å². The quantitative estimate of drug-likeness (QED) is 0.795. The number of carbonyl (C=O) groups is 1. The molecule has 2 aromatic carbocycles. The van der Waals surface area contributed by atoms with E-state index >= 15 is 0 Å². The van der Waals surface area contributed by atoms with Crippen molar-refractivity contribution in [2.45, 2.75) is 32.4 Å². The summed E-state index contributed by atoms with van der Waals surface area (Å²) in [6, 6.07) is 13.6. The molecule has 0 radical (unpaired) electrons. The Kier molecular flexibility index (Phi) is 6.01. The van der Waals surface area contributed by atoms with Crippen LogP contribution >= 0.6 is 0 Å². The molecule has 1 amide bonds. The van der Waals surface area contributed by atoms with Crippen LogP contribution in [0.2, 0.25) is 0 Å². The number of nitrogens with two attached hydrogens (primary N) is 1. The lowest BCUT2D eigenvalue weighted by molar-refractivity contribution is 0.0507. The number of hydrogen-bond donors (Lipinski definition) is 1. The van der Waals surface area contributed by atoms with Crippen LogP contribution in [0, 0.1) is 6.92 Å². The lowest BCUT2D eigenvalue weighted by atomic mass is 10.1. The smallest absolute Gasteiger partial charge is 0.254 e. The van der Waals surface area contributed by atoms with E-state index in [2.05, 4.69) is 4.90 Å². The molecule has 144 valence electrons. The zero-order valence-corrected chi connectivity index (χ0v) is 16.4. The van der Waals surface area contributed by atoms with Gasteiger partial charge < -0.3 is 20.3 Å². The van der Waals surface area contributed by atoms with Crippen molar-refractivity contribution in [3.63, 3.8) is 0 Å². The van der Waals surface area contributed by atoms with E-state index in [0.717, 1.165) is 36.3 Å². The van der Waals surface area contributed by atoms with Gasteiger partial charge >= 0.3 is 0 Å². The van der Waals surface area contributed by atoms with Gasteiger partial charge in [-0.2, -0.15) is 0 Å². The van der Waals surface area contributed by atoms with Gasteiger partial charge in [0, 0.05) is 50.7 Å². The van der Waals surface area contributed by atoms with Crippen LogP contribution in [-0.2, 0) is 11.3 Å². The fourth-order valence-electron chi connectivity index (χ4n) is 3.59. The van der Waals surface area contributed by atoms with Gasteiger partial charge in [0.25, 0.3) is 5.91 Å². The summed E-state index contributed by atoms with van der Waals surface area (Å²) in [5.41, 5.74) is 10.6. The first-order valence-corrected chi connectivity index (χ1v) is 9.47. The summed E-state index contributed by atoms with van der Waals surface area (Å²) in [6.07, 6.45) is 2.15. The molecular weight excluding hydrogens is 338 g/mol. The molecule has 3 rings (SSSR count). The van der Waals surface area contributed by atoms with E-state index in [1.165, 1.54) is 0 Å². The fourth-order valence-corrected chi connectivity index (χ4v) is 3.59. The van der Waals surface area contributed by atoms with Crippen molar-refractivity contribution in [3.05, 3.63) is 59.2 Å². The molecule has 0 aliphatic carbocycles. The van der Waals surface area contributed by atoms with Crippen LogP contribution in [0.3, 0.4) is 0 Å². The Labute approximate surface area is 161 Å². The Morgan fingerprint density at radius 2 is 2.04 bits per heavy atom. The number of anilines is 2. The highest BCUT2D eigenvalue weighted by molar-refractivity contribution is 5.94. The van der Waals surface area contributed by atoms with Crippen molar-refractivity contribution in [2.24, 2.45) is 0 Å². The average molecular weight is 367 g/mol. The van der Waals surface area contributed by atoms with Crippen molar-refractivity contribution in [1.29, 1.82) is 0 Å². The van der Waals surface area contributed by atoms with Crippen molar-refractivity contribution in [1.82, 2.24) is 4.90 Å². The van der Waals surface area contributed by atoms with Gasteiger partial charge in [0.15, 0.2) is 0 Å². The van der Waals surface area contributed by atoms with E-state index in [4.69, 9.17) is 10.5 Å². The number of amides is 1. The van der Waals surface area contributed by atoms with Crippen LogP contribution in [0.1, 0.15) is 34.3 Å². The minimum absolute atomic E-state index is 0.0290. The molecule has 1 aliphatic heterocycles. The third-order valence-electron chi connectivity index (χ3n) is 4.95. The van der Waals surface area contributed by atoms with Gasteiger partial charge in [0.2, 0.25) is 0 Å². The minimum Gasteiger partial charge on any atom is -0.399 e. The molecule has 1 atom stereocenters. The molecule has 2 aromatic rings. The second-order valence-electron chi connectivity index (χ2n) is 7.47. The molecule has 1 aliphatic rings. The van der Waals surface area contributed by atoms with E-state index in [9.17, 15) is 4.79 Å². The van der Waals surface area contributed by atoms with Crippen LogP contribution in [0.25, 0.3) is 0 Å². The van der Waals surface area contributed by atoms with Gasteiger partial charge in [-0.15, -0.1) is 0 Å². The lowest BCUT2D eigenvalue weighted by Gasteiger charge is -2.28. The zero-order valence-electron chi connectivity index (χ0n) is 16.4. The number of carbonyl (C=O) groups excluding carboxylic acids is 1. The summed E-state index contributed by atoms with van der Waals surface area (Å²) >= 11 is 0. The Bertz CT molecular complexity index is 798. The molecule has 5 nitrogen and oxygen atoms in total. The number of aryl methyl sites for hydroxylation is 1. The number of nitrogen functional groups attached to an aromatic ring is 1. The lowest BCUT2D eigenvalue weighted by Crippen LogP contribution is -2.37. The minimum atomic E-state index is 0.0290. The second kappa shape index (κ2) is 8.44. The summed E-state index contributed by atoms with van der Waals surface area (Å²) in [7, 11) is 4.00. The first kappa shape index (κ1) is 19.2. The first-order chi connectivity index (χ1) is 12.9. The molecule has 0 unspecified atom stereocenters. The van der Waals surface area contributed by atoms with Gasteiger partial charge in [-0.1, -0.05) is 17.7 Å². The van der Waals surface area contributed by atoms with Gasteiger partial charge in [-0.05, 0) is 55.7 Å². The van der Waals surface area contributed by atoms with Crippen molar-refractivity contribution in [3.8, 4) is 0 Å². The van der Waals surface area contributed by atoms with Crippen LogP contribution in [-0.4, -0.2) is 44.2 Å². The van der Waals surface area contributed by atoms with E-state index in [-0.39, 0.29) is 12.0 Å². The van der Waals surface area contributed by atoms with E-state index in [0.29, 0.717) is 24.3 Å². The number of rotatable bonds is 6. The molecule has 5 heteroatoms. The molecule has 1 saturated heterocycles. The van der Waals surface area contributed by atoms with Gasteiger partial charge in [0.1, 0.15) is 0 Å². The first-order valence-electron chi connectivity index (χ1n) is 9.47. The largest absolute Gasteiger partial charge is 0.399 e. The highest BCUT2D eigenvalue weighted by atomic mass is 16.5. The van der Waals surface area contributed by atoms with E-state index < -0.39 is 0 Å². The molecule has 27 heavy (non-hydrogen) atoms. The SMILES string of the molecule is Cc1cccc(C(=O)N(Cc2cc(N)ccc2N(C)C)C[C@@H]2CCCO2)c1. The summed E-state index contributed by atoms with van der Waals surface area (Å²) in [5.74, 6) is 0.0290. The van der Waals surface area contributed by atoms with Crippen molar-refractivity contribution < 1.29 is 9.53 Å². The fraction of sp³-hybridized carbons (Fsp3) is 0.409. The highest BCUT2D eigenvalue weighted by Crippen LogP contribution is 2.25. The Hall–Kier alpha value is -2.53. The average Bonchev–Trinajstić information content (AvgIpc) is 3.13. The number of nitrogens with zero attached hydrogens (tertiary/aromatic N) is 2. The second-order valence-corrected chi connectivity index (χ2v) is 7.47. The van der Waals surface area contributed by atoms with Crippen LogP contribution in [0.5, 0.6) is 0 Å². The molecule has 0 spiro atoms. The number of ether oxygens (including phenoxy) is 1. The zero-order chi connectivity index (χ0) is 19.4. The molecule has 2 N–H and O–H groups in total. The summed E-state index contributed by atoms with van der Waals surface area (Å²) in [6.45, 7) is 3.88. The van der Waals surface area contributed by atoms with Gasteiger partial charge in [-0.3, -0.25) is 4.79 Å². The maximum Gasteiger partial charge on any atom is 0.254 e. The molecule has 1 fully saturated rings. The maximum absolute atomic E-state index is 13.3. The van der Waals surface area contributed by atoms with E-state index in [1.807, 2.05) is 68.4 Å². The predicted molar refractivity (Wildman–Crippen MR) is 110 cm³/mol. The molecule has 1 heterocycles. The van der Waals surface area contributed by atoms with Crippen LogP contribution < -0.4 is 10.6 Å². The highest BCUT2D eigenvalue weighted by Gasteiger charge is 2.24. The van der Waals surface area contributed by atoms with E-state index in [1.54, 1.807) is 0 Å². The molecule has 0 saturated carbocycles. The Morgan fingerprint density at radius 1 is 1.22 bits per heavy atom. The predicted octanol–water partition coefficient (Wildman–Crippen LogP) is 3.46. The molecule has 0 aromatic heterocycles. The van der Waals surface area contributed by atoms with Crippen LogP contribution in [0.15, 0.2) is 42.5 Å². The number of hydrogen-bond acceptors (Lipinski definition) is 4. The molecule has 0 bridgehead atoms. The normalized spacial score (nSPS) is 16.3. The Balaban J connectivity index is 1.90.